The Balaban J connectivity index is 2.61. The maximum atomic E-state index is 12.1. The Hall–Kier alpha value is -3.23. The summed E-state index contributed by atoms with van der Waals surface area (Å²) in [7, 11) is 5.42. The van der Waals surface area contributed by atoms with E-state index < -0.39 is 5.97 Å². The van der Waals surface area contributed by atoms with Gasteiger partial charge in [-0.25, -0.2) is 9.78 Å². The summed E-state index contributed by atoms with van der Waals surface area (Å²) in [5, 5.41) is 22.4. The van der Waals surface area contributed by atoms with Crippen LogP contribution in [0.1, 0.15) is 42.9 Å². The molecule has 0 aliphatic heterocycles. The van der Waals surface area contributed by atoms with Crippen molar-refractivity contribution < 1.29 is 14.6 Å². The molecular formula is C20H30N6O3. The van der Waals surface area contributed by atoms with Gasteiger partial charge >= 0.3 is 5.97 Å². The minimum Gasteiger partial charge on any atom is -0.477 e. The number of benzene rings is 1. The molecule has 9 heteroatoms. The van der Waals surface area contributed by atoms with Gasteiger partial charge in [-0.1, -0.05) is 13.8 Å². The quantitative estimate of drug-likeness (QED) is 0.402. The second kappa shape index (κ2) is 9.81. The third-order valence-corrected chi connectivity index (χ3v) is 4.60. The minimum absolute atomic E-state index is 0.0741. The van der Waals surface area contributed by atoms with E-state index in [0.29, 0.717) is 11.5 Å². The van der Waals surface area contributed by atoms with Gasteiger partial charge in [0, 0.05) is 26.8 Å². The molecule has 0 radical (unpaired) electrons. The molecule has 5 N–H and O–H groups in total. The molecular weight excluding hydrogens is 372 g/mol. The summed E-state index contributed by atoms with van der Waals surface area (Å²) in [4.78, 5) is 20.7. The van der Waals surface area contributed by atoms with Crippen molar-refractivity contribution in [2.45, 2.75) is 39.7 Å². The van der Waals surface area contributed by atoms with Crippen molar-refractivity contribution in [3.05, 3.63) is 23.5 Å². The van der Waals surface area contributed by atoms with Crippen LogP contribution in [0.4, 0.5) is 28.6 Å². The Bertz CT molecular complexity index is 843. The fraction of sp³-hybridized carbons (Fsp3) is 0.450. The molecule has 0 atom stereocenters. The number of anilines is 5. The van der Waals surface area contributed by atoms with Crippen LogP contribution < -0.4 is 26.0 Å². The van der Waals surface area contributed by atoms with E-state index in [-0.39, 0.29) is 23.4 Å². The SMILES string of the molecule is CCC(CC)Oc1nc(C)nc(Nc2c(NC)cc(NC)cc2NC)c1C(=O)O. The molecule has 0 fully saturated rings. The molecule has 0 aliphatic carbocycles. The predicted molar refractivity (Wildman–Crippen MR) is 117 cm³/mol. The number of aryl methyl sites for hydroxylation is 1. The number of carboxylic acid groups (broad SMARTS) is 1. The first-order chi connectivity index (χ1) is 13.9. The molecule has 0 unspecified atom stereocenters. The smallest absolute Gasteiger partial charge is 0.345 e. The number of carbonyl (C=O) groups is 1. The van der Waals surface area contributed by atoms with E-state index in [1.54, 1.807) is 21.0 Å². The molecule has 29 heavy (non-hydrogen) atoms. The van der Waals surface area contributed by atoms with Crippen molar-refractivity contribution in [3.63, 3.8) is 0 Å². The number of carboxylic acids is 1. The lowest BCUT2D eigenvalue weighted by molar-refractivity contribution is 0.0687. The molecule has 2 aromatic rings. The zero-order valence-corrected chi connectivity index (χ0v) is 17.8. The highest BCUT2D eigenvalue weighted by Crippen LogP contribution is 2.38. The molecule has 0 aliphatic rings. The largest absolute Gasteiger partial charge is 0.477 e. The van der Waals surface area contributed by atoms with Gasteiger partial charge in [0.05, 0.1) is 23.2 Å². The highest BCUT2D eigenvalue weighted by Gasteiger charge is 2.24. The minimum atomic E-state index is -1.16. The molecule has 0 spiro atoms. The fourth-order valence-electron chi connectivity index (χ4n) is 2.96. The highest BCUT2D eigenvalue weighted by atomic mass is 16.5. The molecule has 1 aromatic heterocycles. The zero-order chi connectivity index (χ0) is 21.6. The Kier molecular flexibility index (Phi) is 7.46. The molecule has 1 heterocycles. The molecule has 9 nitrogen and oxygen atoms in total. The van der Waals surface area contributed by atoms with E-state index in [9.17, 15) is 9.90 Å². The summed E-state index contributed by atoms with van der Waals surface area (Å²) >= 11 is 0. The first-order valence-corrected chi connectivity index (χ1v) is 9.65. The van der Waals surface area contributed by atoms with E-state index in [4.69, 9.17) is 4.74 Å². The van der Waals surface area contributed by atoms with Crippen molar-refractivity contribution >= 4 is 34.5 Å². The number of nitrogens with one attached hydrogen (secondary N) is 4. The van der Waals surface area contributed by atoms with Crippen molar-refractivity contribution in [2.24, 2.45) is 0 Å². The lowest BCUT2D eigenvalue weighted by Gasteiger charge is -2.21. The van der Waals surface area contributed by atoms with Crippen LogP contribution in [0.2, 0.25) is 0 Å². The summed E-state index contributed by atoms with van der Waals surface area (Å²) in [6, 6.07) is 3.83. The number of rotatable bonds is 10. The number of aromatic nitrogens is 2. The van der Waals surface area contributed by atoms with E-state index in [1.807, 2.05) is 33.0 Å². The van der Waals surface area contributed by atoms with Crippen LogP contribution in [0, 0.1) is 6.92 Å². The first kappa shape index (κ1) is 22.1. The first-order valence-electron chi connectivity index (χ1n) is 9.65. The van der Waals surface area contributed by atoms with Crippen LogP contribution in [0.25, 0.3) is 0 Å². The van der Waals surface area contributed by atoms with Crippen LogP contribution in [0.15, 0.2) is 12.1 Å². The van der Waals surface area contributed by atoms with E-state index in [0.717, 1.165) is 29.9 Å². The van der Waals surface area contributed by atoms with E-state index >= 15 is 0 Å². The highest BCUT2D eigenvalue weighted by molar-refractivity contribution is 5.98. The van der Waals surface area contributed by atoms with Gasteiger partial charge in [0.1, 0.15) is 5.82 Å². The number of hydrogen-bond donors (Lipinski definition) is 5. The number of ether oxygens (including phenoxy) is 1. The van der Waals surface area contributed by atoms with Gasteiger partial charge < -0.3 is 31.1 Å². The number of nitrogens with zero attached hydrogens (tertiary/aromatic N) is 2. The summed E-state index contributed by atoms with van der Waals surface area (Å²) < 4.78 is 5.90. The standard InChI is InChI=1S/C20H30N6O3/c1-7-13(8-2)29-19-16(20(27)28)18(24-11(3)25-19)26-17-14(22-5)9-12(21-4)10-15(17)23-6/h9-10,13,21-23H,7-8H2,1-6H3,(H,27,28)(H,24,25,26). The van der Waals surface area contributed by atoms with Gasteiger partial charge in [-0.2, -0.15) is 4.98 Å². The Morgan fingerprint density at radius 1 is 1.07 bits per heavy atom. The molecule has 2 rings (SSSR count). The molecule has 0 saturated carbocycles. The van der Waals surface area contributed by atoms with E-state index in [1.165, 1.54) is 0 Å². The van der Waals surface area contributed by atoms with Crippen molar-refractivity contribution in [3.8, 4) is 5.88 Å². The average Bonchev–Trinajstić information content (AvgIpc) is 2.71. The van der Waals surface area contributed by atoms with Crippen LogP contribution in [-0.4, -0.2) is 48.3 Å². The van der Waals surface area contributed by atoms with Crippen LogP contribution >= 0.6 is 0 Å². The second-order valence-electron chi connectivity index (χ2n) is 6.48. The van der Waals surface area contributed by atoms with Crippen LogP contribution in [-0.2, 0) is 0 Å². The molecule has 1 aromatic carbocycles. The summed E-state index contributed by atoms with van der Waals surface area (Å²) in [5.41, 5.74) is 3.03. The van der Waals surface area contributed by atoms with Crippen molar-refractivity contribution in [2.75, 3.05) is 42.4 Å². The second-order valence-corrected chi connectivity index (χ2v) is 6.48. The van der Waals surface area contributed by atoms with Gasteiger partial charge in [-0.05, 0) is 31.9 Å². The Morgan fingerprint density at radius 3 is 2.10 bits per heavy atom. The Morgan fingerprint density at radius 2 is 1.66 bits per heavy atom. The topological polar surface area (TPSA) is 120 Å². The Labute approximate surface area is 171 Å². The van der Waals surface area contributed by atoms with E-state index in [2.05, 4.69) is 31.2 Å². The molecule has 0 bridgehead atoms. The maximum Gasteiger partial charge on any atom is 0.345 e. The lowest BCUT2D eigenvalue weighted by atomic mass is 10.1. The van der Waals surface area contributed by atoms with Gasteiger partial charge in [0.15, 0.2) is 11.4 Å². The zero-order valence-electron chi connectivity index (χ0n) is 17.8. The molecule has 158 valence electrons. The fourth-order valence-corrected chi connectivity index (χ4v) is 2.96. The maximum absolute atomic E-state index is 12.1. The predicted octanol–water partition coefficient (Wildman–Crippen LogP) is 3.92. The molecule has 0 saturated heterocycles. The van der Waals surface area contributed by atoms with Crippen molar-refractivity contribution in [1.82, 2.24) is 9.97 Å². The van der Waals surface area contributed by atoms with Gasteiger partial charge in [-0.15, -0.1) is 0 Å². The summed E-state index contributed by atoms with van der Waals surface area (Å²) in [5.74, 6) is -0.485. The van der Waals surface area contributed by atoms with Crippen molar-refractivity contribution in [1.29, 1.82) is 0 Å². The number of hydrogen-bond acceptors (Lipinski definition) is 8. The summed E-state index contributed by atoms with van der Waals surface area (Å²) in [6.07, 6.45) is 1.38. The van der Waals surface area contributed by atoms with Crippen LogP contribution in [0.3, 0.4) is 0 Å². The van der Waals surface area contributed by atoms with Crippen LogP contribution in [0.5, 0.6) is 5.88 Å². The monoisotopic (exact) mass is 402 g/mol. The van der Waals surface area contributed by atoms with Gasteiger partial charge in [0.2, 0.25) is 5.88 Å². The van der Waals surface area contributed by atoms with Gasteiger partial charge in [-0.3, -0.25) is 0 Å². The normalized spacial score (nSPS) is 10.6. The number of aromatic carboxylic acids is 1. The summed E-state index contributed by atoms with van der Waals surface area (Å²) in [6.45, 7) is 5.69. The molecule has 0 amide bonds. The third-order valence-electron chi connectivity index (χ3n) is 4.60. The third kappa shape index (κ3) is 4.98. The lowest BCUT2D eigenvalue weighted by Crippen LogP contribution is -2.19. The van der Waals surface area contributed by atoms with Gasteiger partial charge in [0.25, 0.3) is 0 Å². The average molecular weight is 402 g/mol.